The van der Waals surface area contributed by atoms with Crippen molar-refractivity contribution < 1.29 is 13.9 Å². The summed E-state index contributed by atoms with van der Waals surface area (Å²) in [5.41, 5.74) is 2.20. The Morgan fingerprint density at radius 2 is 1.81 bits per heavy atom. The van der Waals surface area contributed by atoms with Crippen molar-refractivity contribution in [2.45, 2.75) is 19.9 Å². The van der Waals surface area contributed by atoms with E-state index in [1.807, 2.05) is 80.6 Å². The zero-order valence-electron chi connectivity index (χ0n) is 23.9. The molecule has 2 aromatic heterocycles. The normalized spacial score (nSPS) is 17.6. The van der Waals surface area contributed by atoms with Crippen molar-refractivity contribution in [3.05, 3.63) is 109 Å². The van der Waals surface area contributed by atoms with E-state index in [2.05, 4.69) is 22.2 Å². The minimum Gasteiger partial charge on any atom is -0.494 e. The van der Waals surface area contributed by atoms with Gasteiger partial charge in [-0.1, -0.05) is 41.7 Å². The molecule has 4 aromatic rings. The molecule has 1 unspecified atom stereocenters. The Morgan fingerprint density at radius 3 is 2.52 bits per heavy atom. The summed E-state index contributed by atoms with van der Waals surface area (Å²) in [6, 6.07) is 20.0. The Kier molecular flexibility index (Phi) is 7.82. The lowest BCUT2D eigenvalue weighted by atomic mass is 9.95. The molecule has 0 aliphatic carbocycles. The zero-order chi connectivity index (χ0) is 29.2. The zero-order valence-corrected chi connectivity index (χ0v) is 24.7. The van der Waals surface area contributed by atoms with Crippen LogP contribution in [0.2, 0.25) is 0 Å². The van der Waals surface area contributed by atoms with Gasteiger partial charge in [0.05, 0.1) is 28.5 Å². The standard InChI is InChI=1S/C32H33N5O4S/c1-4-40-24-12-10-22(11-13-24)29-28(30(38)34-23-8-6-5-7-9-23)21(2)33-32-37(29)31(39)26(42-32)20-25-14-15-27(41-25)36-18-16-35(3)17-19-36/h5-15,20,29H,4,16-19H2,1-3H3,(H,34,38). The van der Waals surface area contributed by atoms with E-state index < -0.39 is 6.04 Å². The summed E-state index contributed by atoms with van der Waals surface area (Å²) in [4.78, 5) is 37.5. The van der Waals surface area contributed by atoms with Crippen molar-refractivity contribution in [1.29, 1.82) is 0 Å². The number of carbonyl (C=O) groups excluding carboxylic acids is 1. The summed E-state index contributed by atoms with van der Waals surface area (Å²) < 4.78 is 13.9. The Balaban J connectivity index is 1.40. The van der Waals surface area contributed by atoms with Gasteiger partial charge in [-0.2, -0.15) is 0 Å². The first kappa shape index (κ1) is 27.7. The van der Waals surface area contributed by atoms with Crippen LogP contribution < -0.4 is 29.8 Å². The third-order valence-electron chi connectivity index (χ3n) is 7.51. The number of benzene rings is 2. The Morgan fingerprint density at radius 1 is 1.07 bits per heavy atom. The monoisotopic (exact) mass is 583 g/mol. The number of hydrogen-bond acceptors (Lipinski definition) is 8. The Hall–Kier alpha value is -4.41. The molecular weight excluding hydrogens is 550 g/mol. The first-order chi connectivity index (χ1) is 20.4. The van der Waals surface area contributed by atoms with Crippen LogP contribution in [-0.4, -0.2) is 55.2 Å². The summed E-state index contributed by atoms with van der Waals surface area (Å²) in [6.45, 7) is 8.01. The summed E-state index contributed by atoms with van der Waals surface area (Å²) in [6.07, 6.45) is 1.77. The fourth-order valence-corrected chi connectivity index (χ4v) is 6.33. The highest BCUT2D eigenvalue weighted by molar-refractivity contribution is 7.07. The molecule has 1 amide bonds. The van der Waals surface area contributed by atoms with Crippen molar-refractivity contribution in [2.24, 2.45) is 4.99 Å². The summed E-state index contributed by atoms with van der Waals surface area (Å²) in [5, 5.41) is 2.98. The van der Waals surface area contributed by atoms with Crippen molar-refractivity contribution in [1.82, 2.24) is 9.47 Å². The number of ether oxygens (including phenoxy) is 1. The molecule has 10 heteroatoms. The topological polar surface area (TPSA) is 92.3 Å². The number of likely N-dealkylation sites (N-methyl/N-ethyl adjacent to an activating group) is 1. The maximum atomic E-state index is 14.0. The predicted octanol–water partition coefficient (Wildman–Crippen LogP) is 3.62. The van der Waals surface area contributed by atoms with Crippen LogP contribution >= 0.6 is 11.3 Å². The van der Waals surface area contributed by atoms with Gasteiger partial charge in [-0.05, 0) is 56.8 Å². The highest BCUT2D eigenvalue weighted by Gasteiger charge is 2.32. The van der Waals surface area contributed by atoms with E-state index >= 15 is 0 Å². The van der Waals surface area contributed by atoms with Gasteiger partial charge in [0.25, 0.3) is 11.5 Å². The van der Waals surface area contributed by atoms with Crippen LogP contribution in [-0.2, 0) is 4.79 Å². The van der Waals surface area contributed by atoms with Crippen LogP contribution in [0.5, 0.6) is 5.75 Å². The van der Waals surface area contributed by atoms with Crippen molar-refractivity contribution >= 4 is 34.9 Å². The van der Waals surface area contributed by atoms with Gasteiger partial charge in [0.2, 0.25) is 0 Å². The fraction of sp³-hybridized carbons (Fsp3) is 0.281. The van der Waals surface area contributed by atoms with E-state index in [1.54, 1.807) is 10.6 Å². The summed E-state index contributed by atoms with van der Waals surface area (Å²) >= 11 is 1.29. The van der Waals surface area contributed by atoms with Gasteiger partial charge >= 0.3 is 0 Å². The van der Waals surface area contributed by atoms with Gasteiger partial charge in [-0.15, -0.1) is 0 Å². The fourth-order valence-electron chi connectivity index (χ4n) is 5.31. The number of allylic oxidation sites excluding steroid dienone is 1. The van der Waals surface area contributed by atoms with Crippen LogP contribution in [0.4, 0.5) is 11.6 Å². The van der Waals surface area contributed by atoms with Gasteiger partial charge < -0.3 is 24.3 Å². The highest BCUT2D eigenvalue weighted by Crippen LogP contribution is 2.32. The molecular formula is C32H33N5O4S. The van der Waals surface area contributed by atoms with Crippen LogP contribution in [0.15, 0.2) is 92.2 Å². The molecule has 1 N–H and O–H groups in total. The minimum atomic E-state index is -0.666. The highest BCUT2D eigenvalue weighted by atomic mass is 32.1. The number of anilines is 2. The van der Waals surface area contributed by atoms with Gasteiger partial charge in [-0.3, -0.25) is 14.2 Å². The SMILES string of the molecule is CCOc1ccc(C2C(C(=O)Nc3ccccc3)=C(C)N=c3sc(=Cc4ccc(N5CCN(C)CC5)o4)c(=O)n32)cc1. The molecule has 0 bridgehead atoms. The number of para-hydroxylation sites is 1. The molecule has 0 spiro atoms. The molecule has 4 heterocycles. The van der Waals surface area contributed by atoms with E-state index in [0.29, 0.717) is 38.7 Å². The van der Waals surface area contributed by atoms with Crippen LogP contribution in [0.3, 0.4) is 0 Å². The lowest BCUT2D eigenvalue weighted by Crippen LogP contribution is -2.44. The lowest BCUT2D eigenvalue weighted by Gasteiger charge is -2.32. The Labute approximate surface area is 247 Å². The van der Waals surface area contributed by atoms with E-state index in [1.165, 1.54) is 11.3 Å². The van der Waals surface area contributed by atoms with Gasteiger partial charge in [0, 0.05) is 44.0 Å². The third-order valence-corrected chi connectivity index (χ3v) is 8.49. The number of fused-ring (bicyclic) bond motifs is 1. The summed E-state index contributed by atoms with van der Waals surface area (Å²) in [5.74, 6) is 1.81. The second-order valence-corrected chi connectivity index (χ2v) is 11.4. The number of carbonyl (C=O) groups is 1. The van der Waals surface area contributed by atoms with E-state index in [-0.39, 0.29) is 11.5 Å². The molecule has 6 rings (SSSR count). The molecule has 2 aromatic carbocycles. The smallest absolute Gasteiger partial charge is 0.271 e. The molecule has 2 aliphatic rings. The first-order valence-corrected chi connectivity index (χ1v) is 14.9. The average molecular weight is 584 g/mol. The van der Waals surface area contributed by atoms with Crippen molar-refractivity contribution in [3.8, 4) is 5.75 Å². The third kappa shape index (κ3) is 5.55. The van der Waals surface area contributed by atoms with E-state index in [0.717, 1.165) is 43.4 Å². The molecule has 1 atom stereocenters. The van der Waals surface area contributed by atoms with Gasteiger partial charge in [0.15, 0.2) is 10.7 Å². The number of nitrogens with one attached hydrogen (secondary N) is 1. The number of thiazole rings is 1. The number of aromatic nitrogens is 1. The largest absolute Gasteiger partial charge is 0.494 e. The molecule has 9 nitrogen and oxygen atoms in total. The van der Waals surface area contributed by atoms with Gasteiger partial charge in [0.1, 0.15) is 11.5 Å². The number of piperazine rings is 1. The average Bonchev–Trinajstić information content (AvgIpc) is 3.58. The lowest BCUT2D eigenvalue weighted by molar-refractivity contribution is -0.113. The van der Waals surface area contributed by atoms with E-state index in [9.17, 15) is 9.59 Å². The molecule has 1 fully saturated rings. The molecule has 216 valence electrons. The first-order valence-electron chi connectivity index (χ1n) is 14.1. The molecule has 42 heavy (non-hydrogen) atoms. The van der Waals surface area contributed by atoms with E-state index in [4.69, 9.17) is 14.1 Å². The van der Waals surface area contributed by atoms with Crippen molar-refractivity contribution in [3.63, 3.8) is 0 Å². The van der Waals surface area contributed by atoms with Crippen LogP contribution in [0.1, 0.15) is 31.2 Å². The molecule has 0 saturated carbocycles. The molecule has 1 saturated heterocycles. The summed E-state index contributed by atoms with van der Waals surface area (Å²) in [7, 11) is 2.11. The maximum Gasteiger partial charge on any atom is 0.271 e. The number of amides is 1. The maximum absolute atomic E-state index is 14.0. The number of furan rings is 1. The number of nitrogens with zero attached hydrogens (tertiary/aromatic N) is 4. The van der Waals surface area contributed by atoms with Gasteiger partial charge in [-0.25, -0.2) is 4.99 Å². The minimum absolute atomic E-state index is 0.229. The number of hydrogen-bond donors (Lipinski definition) is 1. The Bertz CT molecular complexity index is 1800. The van der Waals surface area contributed by atoms with Crippen LogP contribution in [0.25, 0.3) is 6.08 Å². The second kappa shape index (κ2) is 11.8. The second-order valence-electron chi connectivity index (χ2n) is 10.4. The van der Waals surface area contributed by atoms with Crippen molar-refractivity contribution in [2.75, 3.05) is 50.1 Å². The predicted molar refractivity (Wildman–Crippen MR) is 165 cm³/mol. The molecule has 0 radical (unpaired) electrons. The van der Waals surface area contributed by atoms with Crippen LogP contribution in [0, 0.1) is 0 Å². The quantitative estimate of drug-likeness (QED) is 0.358. The molecule has 2 aliphatic heterocycles. The number of rotatable bonds is 7.